The van der Waals surface area contributed by atoms with E-state index in [1.165, 1.54) is 6.07 Å². The van der Waals surface area contributed by atoms with Gasteiger partial charge in [-0.2, -0.15) is 0 Å². The fourth-order valence-corrected chi connectivity index (χ4v) is 0.956. The van der Waals surface area contributed by atoms with Crippen molar-refractivity contribution in [3.8, 4) is 5.75 Å². The monoisotopic (exact) mass is 190 g/mol. The standard InChI is InChI=1S/C7H8ClFN2O/c8-5-1-2-6(11-10)7(3-5)12-4-9/h1-3,11H,4,10H2. The maximum Gasteiger partial charge on any atom is 0.228 e. The fraction of sp³-hybridized carbons (Fsp3) is 0.143. The molecule has 0 aliphatic carbocycles. The third kappa shape index (κ3) is 1.99. The van der Waals surface area contributed by atoms with E-state index in [2.05, 4.69) is 10.2 Å². The van der Waals surface area contributed by atoms with E-state index >= 15 is 0 Å². The van der Waals surface area contributed by atoms with Crippen LogP contribution in [0.1, 0.15) is 0 Å². The summed E-state index contributed by atoms with van der Waals surface area (Å²) >= 11 is 5.64. The molecule has 0 aliphatic heterocycles. The van der Waals surface area contributed by atoms with Crippen molar-refractivity contribution in [3.05, 3.63) is 23.2 Å². The zero-order valence-corrected chi connectivity index (χ0v) is 6.94. The van der Waals surface area contributed by atoms with Crippen molar-refractivity contribution >= 4 is 17.3 Å². The van der Waals surface area contributed by atoms with Gasteiger partial charge < -0.3 is 10.2 Å². The summed E-state index contributed by atoms with van der Waals surface area (Å²) in [5.41, 5.74) is 2.85. The van der Waals surface area contributed by atoms with Gasteiger partial charge in [0.2, 0.25) is 6.86 Å². The number of hydrogen-bond donors (Lipinski definition) is 2. The summed E-state index contributed by atoms with van der Waals surface area (Å²) in [5.74, 6) is 5.43. The molecule has 0 saturated heterocycles. The fourth-order valence-electron chi connectivity index (χ4n) is 0.794. The van der Waals surface area contributed by atoms with Gasteiger partial charge in [0.25, 0.3) is 0 Å². The van der Waals surface area contributed by atoms with Crippen LogP contribution in [0.25, 0.3) is 0 Å². The molecule has 0 bridgehead atoms. The molecule has 0 atom stereocenters. The molecule has 0 heterocycles. The molecule has 66 valence electrons. The van der Waals surface area contributed by atoms with Gasteiger partial charge in [-0.25, -0.2) is 4.39 Å². The maximum atomic E-state index is 11.8. The predicted molar refractivity (Wildman–Crippen MR) is 45.9 cm³/mol. The predicted octanol–water partition coefficient (Wildman–Crippen LogP) is 1.93. The average Bonchev–Trinajstić information content (AvgIpc) is 2.05. The van der Waals surface area contributed by atoms with Gasteiger partial charge in [-0.15, -0.1) is 0 Å². The van der Waals surface area contributed by atoms with Crippen LogP contribution in [0.5, 0.6) is 5.75 Å². The minimum atomic E-state index is -0.908. The zero-order valence-electron chi connectivity index (χ0n) is 6.18. The van der Waals surface area contributed by atoms with E-state index in [0.29, 0.717) is 16.5 Å². The summed E-state index contributed by atoms with van der Waals surface area (Å²) < 4.78 is 16.4. The largest absolute Gasteiger partial charge is 0.461 e. The second-order valence-corrected chi connectivity index (χ2v) is 2.47. The summed E-state index contributed by atoms with van der Waals surface area (Å²) in [4.78, 5) is 0. The first kappa shape index (κ1) is 9.09. The smallest absolute Gasteiger partial charge is 0.228 e. The SMILES string of the molecule is NNc1ccc(Cl)cc1OCF. The highest BCUT2D eigenvalue weighted by Gasteiger charge is 2.02. The van der Waals surface area contributed by atoms with E-state index in [-0.39, 0.29) is 0 Å². The van der Waals surface area contributed by atoms with Gasteiger partial charge in [-0.1, -0.05) is 11.6 Å². The molecule has 0 aromatic heterocycles. The normalized spacial score (nSPS) is 9.58. The van der Waals surface area contributed by atoms with Gasteiger partial charge in [0.05, 0.1) is 5.69 Å². The van der Waals surface area contributed by atoms with Crippen LogP contribution in [0.2, 0.25) is 5.02 Å². The second-order valence-electron chi connectivity index (χ2n) is 2.04. The van der Waals surface area contributed by atoms with Gasteiger partial charge in [-0.3, -0.25) is 5.84 Å². The van der Waals surface area contributed by atoms with Crippen LogP contribution in [0.4, 0.5) is 10.1 Å². The summed E-state index contributed by atoms with van der Waals surface area (Å²) in [6, 6.07) is 4.71. The molecule has 1 aromatic rings. The molecule has 0 fully saturated rings. The van der Waals surface area contributed by atoms with Crippen molar-refractivity contribution in [2.45, 2.75) is 0 Å². The van der Waals surface area contributed by atoms with E-state index in [0.717, 1.165) is 0 Å². The summed E-state index contributed by atoms with van der Waals surface area (Å²) in [5, 5.41) is 0.470. The molecule has 0 radical (unpaired) electrons. The van der Waals surface area contributed by atoms with Crippen LogP contribution < -0.4 is 16.0 Å². The Kier molecular flexibility index (Phi) is 3.13. The third-order valence-electron chi connectivity index (χ3n) is 1.31. The highest BCUT2D eigenvalue weighted by atomic mass is 35.5. The first-order chi connectivity index (χ1) is 5.77. The van der Waals surface area contributed by atoms with E-state index in [1.807, 2.05) is 0 Å². The zero-order chi connectivity index (χ0) is 8.97. The van der Waals surface area contributed by atoms with Gasteiger partial charge in [0, 0.05) is 11.1 Å². The Morgan fingerprint density at radius 1 is 1.58 bits per heavy atom. The quantitative estimate of drug-likeness (QED) is 0.566. The number of ether oxygens (including phenoxy) is 1. The number of alkyl halides is 1. The number of anilines is 1. The Labute approximate surface area is 74.2 Å². The molecule has 0 amide bonds. The van der Waals surface area contributed by atoms with Crippen molar-refractivity contribution in [2.75, 3.05) is 12.3 Å². The van der Waals surface area contributed by atoms with Crippen LogP contribution in [-0.4, -0.2) is 6.86 Å². The minimum Gasteiger partial charge on any atom is -0.461 e. The summed E-state index contributed by atoms with van der Waals surface area (Å²) in [6.07, 6.45) is 0. The number of hydrogen-bond acceptors (Lipinski definition) is 3. The lowest BCUT2D eigenvalue weighted by molar-refractivity contribution is 0.192. The number of benzene rings is 1. The lowest BCUT2D eigenvalue weighted by atomic mass is 10.3. The molecule has 0 saturated carbocycles. The van der Waals surface area contributed by atoms with Gasteiger partial charge in [0.15, 0.2) is 0 Å². The molecule has 1 rings (SSSR count). The molecule has 1 aromatic carbocycles. The van der Waals surface area contributed by atoms with Crippen molar-refractivity contribution in [3.63, 3.8) is 0 Å². The Morgan fingerprint density at radius 2 is 2.33 bits per heavy atom. The number of hydrazine groups is 1. The molecule has 5 heteroatoms. The molecular weight excluding hydrogens is 183 g/mol. The topological polar surface area (TPSA) is 47.3 Å². The van der Waals surface area contributed by atoms with E-state index in [4.69, 9.17) is 17.4 Å². The number of halogens is 2. The highest BCUT2D eigenvalue weighted by Crippen LogP contribution is 2.27. The Morgan fingerprint density at radius 3 is 2.92 bits per heavy atom. The number of nitrogens with one attached hydrogen (secondary N) is 1. The molecular formula is C7H8ClFN2O. The lowest BCUT2D eigenvalue weighted by Crippen LogP contribution is -2.08. The van der Waals surface area contributed by atoms with Crippen LogP contribution in [0.3, 0.4) is 0 Å². The maximum absolute atomic E-state index is 11.8. The summed E-state index contributed by atoms with van der Waals surface area (Å²) in [6.45, 7) is -0.908. The van der Waals surface area contributed by atoms with E-state index in [9.17, 15) is 4.39 Å². The van der Waals surface area contributed by atoms with Crippen LogP contribution >= 0.6 is 11.6 Å². The molecule has 0 aliphatic rings. The Balaban J connectivity index is 2.95. The highest BCUT2D eigenvalue weighted by molar-refractivity contribution is 6.30. The van der Waals surface area contributed by atoms with Crippen LogP contribution in [0.15, 0.2) is 18.2 Å². The number of nitrogens with two attached hydrogens (primary N) is 1. The van der Waals surface area contributed by atoms with E-state index in [1.54, 1.807) is 12.1 Å². The summed E-state index contributed by atoms with van der Waals surface area (Å²) in [7, 11) is 0. The van der Waals surface area contributed by atoms with Crippen LogP contribution in [-0.2, 0) is 0 Å². The second kappa shape index (κ2) is 4.13. The minimum absolute atomic E-state index is 0.299. The first-order valence-corrected chi connectivity index (χ1v) is 3.60. The first-order valence-electron chi connectivity index (χ1n) is 3.23. The molecule has 3 N–H and O–H groups in total. The van der Waals surface area contributed by atoms with Crippen LogP contribution in [0, 0.1) is 0 Å². The lowest BCUT2D eigenvalue weighted by Gasteiger charge is -2.07. The Hall–Kier alpha value is -1.00. The number of rotatable bonds is 3. The van der Waals surface area contributed by atoms with E-state index < -0.39 is 6.86 Å². The molecule has 3 nitrogen and oxygen atoms in total. The average molecular weight is 191 g/mol. The van der Waals surface area contributed by atoms with Gasteiger partial charge >= 0.3 is 0 Å². The van der Waals surface area contributed by atoms with Crippen molar-refractivity contribution < 1.29 is 9.13 Å². The Bertz CT molecular complexity index is 270. The van der Waals surface area contributed by atoms with Crippen molar-refractivity contribution in [2.24, 2.45) is 5.84 Å². The van der Waals surface area contributed by atoms with Gasteiger partial charge in [0.1, 0.15) is 5.75 Å². The van der Waals surface area contributed by atoms with Crippen molar-refractivity contribution in [1.82, 2.24) is 0 Å². The van der Waals surface area contributed by atoms with Gasteiger partial charge in [-0.05, 0) is 12.1 Å². The molecule has 0 spiro atoms. The van der Waals surface area contributed by atoms with Crippen molar-refractivity contribution in [1.29, 1.82) is 0 Å². The third-order valence-corrected chi connectivity index (χ3v) is 1.54. The molecule has 0 unspecified atom stereocenters. The number of nitrogen functional groups attached to an aromatic ring is 1. The molecule has 12 heavy (non-hydrogen) atoms.